The van der Waals surface area contributed by atoms with Gasteiger partial charge in [-0.15, -0.1) is 11.6 Å². The van der Waals surface area contributed by atoms with Gasteiger partial charge >= 0.3 is 0 Å². The average molecular weight is 273 g/mol. The molecule has 1 atom stereocenters. The van der Waals surface area contributed by atoms with Crippen LogP contribution in [0.25, 0.3) is 0 Å². The average Bonchev–Trinajstić information content (AvgIpc) is 2.88. The minimum Gasteiger partial charge on any atom is -0.372 e. The number of aryl methyl sites for hydroxylation is 2. The molecule has 0 saturated heterocycles. The second kappa shape index (κ2) is 4.99. The highest BCUT2D eigenvalue weighted by Gasteiger charge is 2.16. The summed E-state index contributed by atoms with van der Waals surface area (Å²) in [4.78, 5) is 0. The van der Waals surface area contributed by atoms with Crippen molar-refractivity contribution in [1.29, 1.82) is 0 Å². The van der Waals surface area contributed by atoms with Gasteiger partial charge in [-0.1, -0.05) is 36.4 Å². The van der Waals surface area contributed by atoms with Crippen molar-refractivity contribution < 1.29 is 4.74 Å². The predicted octanol–water partition coefficient (Wildman–Crippen LogP) is 4.66. The lowest BCUT2D eigenvalue weighted by Crippen LogP contribution is -1.96. The number of alkyl halides is 1. The molecule has 2 aromatic rings. The highest BCUT2D eigenvalue weighted by atomic mass is 35.5. The molecule has 2 heteroatoms. The maximum absolute atomic E-state index is 6.62. The smallest absolute Gasteiger partial charge is 0.0835 e. The molecule has 1 unspecified atom stereocenters. The fourth-order valence-electron chi connectivity index (χ4n) is 2.46. The third-order valence-electron chi connectivity index (χ3n) is 3.86. The van der Waals surface area contributed by atoms with Crippen LogP contribution < -0.4 is 0 Å². The first-order valence-electron chi connectivity index (χ1n) is 6.56. The third-order valence-corrected chi connectivity index (χ3v) is 4.37. The molecule has 1 heterocycles. The summed E-state index contributed by atoms with van der Waals surface area (Å²) in [7, 11) is 0. The van der Waals surface area contributed by atoms with Gasteiger partial charge in [0.1, 0.15) is 0 Å². The summed E-state index contributed by atoms with van der Waals surface area (Å²) in [5, 5.41) is -0.0924. The van der Waals surface area contributed by atoms with E-state index in [-0.39, 0.29) is 5.38 Å². The molecule has 19 heavy (non-hydrogen) atoms. The summed E-state index contributed by atoms with van der Waals surface area (Å²) in [5.41, 5.74) is 7.44. The standard InChI is InChI=1S/C17H17ClO/c1-11-3-4-13(7-12(11)2)17(18)14-5-6-15-9-19-10-16(15)8-14/h3-8,17H,9-10H2,1-2H3. The van der Waals surface area contributed by atoms with Gasteiger partial charge in [0.25, 0.3) is 0 Å². The maximum Gasteiger partial charge on any atom is 0.0835 e. The Morgan fingerprint density at radius 1 is 0.895 bits per heavy atom. The fraction of sp³-hybridized carbons (Fsp3) is 0.294. The number of ether oxygens (including phenoxy) is 1. The van der Waals surface area contributed by atoms with Crippen LogP contribution in [0.2, 0.25) is 0 Å². The summed E-state index contributed by atoms with van der Waals surface area (Å²) in [6, 6.07) is 12.8. The van der Waals surface area contributed by atoms with Crippen LogP contribution in [0.3, 0.4) is 0 Å². The molecule has 0 fully saturated rings. The fourth-order valence-corrected chi connectivity index (χ4v) is 2.74. The van der Waals surface area contributed by atoms with Gasteiger partial charge in [-0.2, -0.15) is 0 Å². The quantitative estimate of drug-likeness (QED) is 0.723. The van der Waals surface area contributed by atoms with Crippen LogP contribution in [0.5, 0.6) is 0 Å². The van der Waals surface area contributed by atoms with Gasteiger partial charge in [0.05, 0.1) is 18.6 Å². The van der Waals surface area contributed by atoms with Crippen molar-refractivity contribution in [1.82, 2.24) is 0 Å². The van der Waals surface area contributed by atoms with Crippen LogP contribution in [-0.2, 0) is 18.0 Å². The Morgan fingerprint density at radius 3 is 2.37 bits per heavy atom. The van der Waals surface area contributed by atoms with Crippen LogP contribution in [-0.4, -0.2) is 0 Å². The first-order chi connectivity index (χ1) is 9.15. The number of benzene rings is 2. The minimum absolute atomic E-state index is 0.0924. The van der Waals surface area contributed by atoms with Gasteiger partial charge in [0.2, 0.25) is 0 Å². The van der Waals surface area contributed by atoms with Crippen LogP contribution >= 0.6 is 11.6 Å². The molecule has 0 aromatic heterocycles. The molecule has 0 saturated carbocycles. The Kier molecular flexibility index (Phi) is 3.34. The van der Waals surface area contributed by atoms with E-state index >= 15 is 0 Å². The summed E-state index contributed by atoms with van der Waals surface area (Å²) in [5.74, 6) is 0. The van der Waals surface area contributed by atoms with Gasteiger partial charge in [0, 0.05) is 0 Å². The lowest BCUT2D eigenvalue weighted by molar-refractivity contribution is 0.134. The number of hydrogen-bond acceptors (Lipinski definition) is 1. The zero-order valence-electron chi connectivity index (χ0n) is 11.2. The van der Waals surface area contributed by atoms with Crippen molar-refractivity contribution in [2.75, 3.05) is 0 Å². The van der Waals surface area contributed by atoms with Crippen LogP contribution in [0.1, 0.15) is 38.8 Å². The van der Waals surface area contributed by atoms with E-state index in [2.05, 4.69) is 50.2 Å². The van der Waals surface area contributed by atoms with Crippen LogP contribution in [0.15, 0.2) is 36.4 Å². The molecule has 0 amide bonds. The van der Waals surface area contributed by atoms with Gasteiger partial charge < -0.3 is 4.74 Å². The Labute approximate surface area is 119 Å². The Hall–Kier alpha value is -1.31. The lowest BCUT2D eigenvalue weighted by Gasteiger charge is -2.13. The van der Waals surface area contributed by atoms with E-state index in [1.54, 1.807) is 0 Å². The minimum atomic E-state index is -0.0924. The van der Waals surface area contributed by atoms with E-state index in [4.69, 9.17) is 16.3 Å². The molecule has 2 aromatic carbocycles. The molecule has 1 aliphatic rings. The van der Waals surface area contributed by atoms with Gasteiger partial charge in [-0.3, -0.25) is 0 Å². The van der Waals surface area contributed by atoms with E-state index in [0.29, 0.717) is 6.61 Å². The number of rotatable bonds is 2. The van der Waals surface area contributed by atoms with Crippen molar-refractivity contribution in [3.8, 4) is 0 Å². The first kappa shape index (κ1) is 12.7. The summed E-state index contributed by atoms with van der Waals surface area (Å²) in [6.45, 7) is 5.68. The topological polar surface area (TPSA) is 9.23 Å². The molecule has 1 nitrogen and oxygen atoms in total. The zero-order valence-corrected chi connectivity index (χ0v) is 12.0. The second-order valence-corrected chi connectivity index (χ2v) is 5.66. The van der Waals surface area contributed by atoms with Gasteiger partial charge in [0.15, 0.2) is 0 Å². The van der Waals surface area contributed by atoms with E-state index in [1.165, 1.54) is 22.3 Å². The van der Waals surface area contributed by atoms with Crippen molar-refractivity contribution in [2.24, 2.45) is 0 Å². The molecule has 0 bridgehead atoms. The molecular formula is C17H17ClO. The maximum atomic E-state index is 6.62. The molecule has 0 aliphatic carbocycles. The van der Waals surface area contributed by atoms with E-state index in [0.717, 1.165) is 17.7 Å². The van der Waals surface area contributed by atoms with E-state index in [9.17, 15) is 0 Å². The molecule has 0 spiro atoms. The van der Waals surface area contributed by atoms with Crippen LogP contribution in [0, 0.1) is 13.8 Å². The van der Waals surface area contributed by atoms with Gasteiger partial charge in [-0.05, 0) is 47.2 Å². The Morgan fingerprint density at radius 2 is 1.58 bits per heavy atom. The second-order valence-electron chi connectivity index (χ2n) is 5.23. The number of fused-ring (bicyclic) bond motifs is 1. The highest BCUT2D eigenvalue weighted by molar-refractivity contribution is 6.22. The van der Waals surface area contributed by atoms with Crippen LogP contribution in [0.4, 0.5) is 0 Å². The zero-order chi connectivity index (χ0) is 13.4. The van der Waals surface area contributed by atoms with Crippen molar-refractivity contribution in [2.45, 2.75) is 32.4 Å². The van der Waals surface area contributed by atoms with Crippen molar-refractivity contribution >= 4 is 11.6 Å². The highest BCUT2D eigenvalue weighted by Crippen LogP contribution is 2.32. The number of halogens is 1. The molecule has 98 valence electrons. The van der Waals surface area contributed by atoms with Gasteiger partial charge in [-0.25, -0.2) is 0 Å². The lowest BCUT2D eigenvalue weighted by atomic mass is 9.98. The first-order valence-corrected chi connectivity index (χ1v) is 6.99. The number of hydrogen-bond donors (Lipinski definition) is 0. The normalized spacial score (nSPS) is 15.3. The molecular weight excluding hydrogens is 256 g/mol. The SMILES string of the molecule is Cc1ccc(C(Cl)c2ccc3c(c2)COC3)cc1C. The van der Waals surface area contributed by atoms with E-state index < -0.39 is 0 Å². The predicted molar refractivity (Wildman–Crippen MR) is 78.5 cm³/mol. The Bertz CT molecular complexity index is 619. The summed E-state index contributed by atoms with van der Waals surface area (Å²) >= 11 is 6.62. The van der Waals surface area contributed by atoms with Crippen molar-refractivity contribution in [3.63, 3.8) is 0 Å². The third kappa shape index (κ3) is 2.41. The molecule has 0 N–H and O–H groups in total. The molecule has 3 rings (SSSR count). The summed E-state index contributed by atoms with van der Waals surface area (Å²) in [6.07, 6.45) is 0. The van der Waals surface area contributed by atoms with Crippen molar-refractivity contribution in [3.05, 3.63) is 69.8 Å². The summed E-state index contributed by atoms with van der Waals surface area (Å²) < 4.78 is 5.45. The van der Waals surface area contributed by atoms with E-state index in [1.807, 2.05) is 0 Å². The Balaban J connectivity index is 1.94. The largest absolute Gasteiger partial charge is 0.372 e. The monoisotopic (exact) mass is 272 g/mol. The molecule has 0 radical (unpaired) electrons. The molecule has 1 aliphatic heterocycles.